The second kappa shape index (κ2) is 7.42. The largest absolute Gasteiger partial charge is 0.369 e. The van der Waals surface area contributed by atoms with Crippen LogP contribution in [0.2, 0.25) is 0 Å². The highest BCUT2D eigenvalue weighted by Crippen LogP contribution is 2.31. The fourth-order valence-electron chi connectivity index (χ4n) is 3.16. The first-order valence-electron chi connectivity index (χ1n) is 7.86. The molecule has 3 rings (SSSR count). The molecule has 1 aromatic carbocycles. The highest BCUT2D eigenvalue weighted by atomic mass is 35.5. The number of carbonyl (C=O) groups excluding carboxylic acids is 1. The number of primary amides is 1. The van der Waals surface area contributed by atoms with Crippen LogP contribution < -0.4 is 5.73 Å². The SMILES string of the molecule is Cc1cc(C)cc(-n2c(C)cc(-c3csc(CC(N)=O)n3)c2C)c1.Cl. The maximum Gasteiger partial charge on any atom is 0.224 e. The van der Waals surface area contributed by atoms with E-state index in [9.17, 15) is 4.79 Å². The molecule has 0 atom stereocenters. The Bertz CT molecular complexity index is 907. The second-order valence-electron chi connectivity index (χ2n) is 6.24. The van der Waals surface area contributed by atoms with Crippen molar-refractivity contribution < 1.29 is 4.79 Å². The zero-order valence-corrected chi connectivity index (χ0v) is 16.4. The van der Waals surface area contributed by atoms with E-state index in [0.29, 0.717) is 0 Å². The normalized spacial score (nSPS) is 10.6. The molecular weight excluding hydrogens is 354 g/mol. The summed E-state index contributed by atoms with van der Waals surface area (Å²) in [7, 11) is 0. The van der Waals surface area contributed by atoms with Gasteiger partial charge in [-0.15, -0.1) is 23.7 Å². The van der Waals surface area contributed by atoms with Crippen molar-refractivity contribution in [2.45, 2.75) is 34.1 Å². The number of thiazole rings is 1. The van der Waals surface area contributed by atoms with Crippen molar-refractivity contribution in [3.8, 4) is 16.9 Å². The van der Waals surface area contributed by atoms with Crippen LogP contribution in [-0.4, -0.2) is 15.5 Å². The molecule has 0 aliphatic carbocycles. The van der Waals surface area contributed by atoms with Crippen LogP contribution in [0.3, 0.4) is 0 Å². The van der Waals surface area contributed by atoms with Crippen LogP contribution in [0.25, 0.3) is 16.9 Å². The lowest BCUT2D eigenvalue weighted by Gasteiger charge is -2.12. The van der Waals surface area contributed by atoms with Gasteiger partial charge in [0, 0.05) is 28.0 Å². The first-order valence-corrected chi connectivity index (χ1v) is 8.74. The average Bonchev–Trinajstić information content (AvgIpc) is 3.01. The molecule has 0 unspecified atom stereocenters. The molecule has 6 heteroatoms. The van der Waals surface area contributed by atoms with E-state index in [4.69, 9.17) is 5.73 Å². The number of nitrogens with two attached hydrogens (primary N) is 1. The molecule has 0 spiro atoms. The summed E-state index contributed by atoms with van der Waals surface area (Å²) in [5.74, 6) is -0.350. The fourth-order valence-corrected chi connectivity index (χ4v) is 3.97. The predicted molar refractivity (Wildman–Crippen MR) is 106 cm³/mol. The first-order chi connectivity index (χ1) is 11.3. The van der Waals surface area contributed by atoms with Crippen LogP contribution in [0.5, 0.6) is 0 Å². The van der Waals surface area contributed by atoms with E-state index in [1.807, 2.05) is 5.38 Å². The third kappa shape index (κ3) is 3.94. The summed E-state index contributed by atoms with van der Waals surface area (Å²) in [6.45, 7) is 8.43. The smallest absolute Gasteiger partial charge is 0.224 e. The molecule has 2 N–H and O–H groups in total. The zero-order valence-electron chi connectivity index (χ0n) is 14.8. The molecule has 25 heavy (non-hydrogen) atoms. The molecule has 2 heterocycles. The Labute approximate surface area is 158 Å². The van der Waals surface area contributed by atoms with E-state index >= 15 is 0 Å². The summed E-state index contributed by atoms with van der Waals surface area (Å²) in [5.41, 5.74) is 13.2. The van der Waals surface area contributed by atoms with Crippen molar-refractivity contribution in [3.05, 3.63) is 57.2 Å². The van der Waals surface area contributed by atoms with Gasteiger partial charge in [-0.05, 0) is 57.0 Å². The number of aromatic nitrogens is 2. The molecule has 132 valence electrons. The molecule has 0 bridgehead atoms. The minimum Gasteiger partial charge on any atom is -0.369 e. The van der Waals surface area contributed by atoms with Gasteiger partial charge in [0.05, 0.1) is 12.1 Å². The third-order valence-electron chi connectivity index (χ3n) is 4.05. The second-order valence-corrected chi connectivity index (χ2v) is 7.18. The molecule has 1 amide bonds. The van der Waals surface area contributed by atoms with Gasteiger partial charge in [-0.25, -0.2) is 4.98 Å². The summed E-state index contributed by atoms with van der Waals surface area (Å²) in [4.78, 5) is 15.6. The number of hydrogen-bond donors (Lipinski definition) is 1. The standard InChI is InChI=1S/C19H21N3OS.ClH/c1-11-5-12(2)7-15(6-11)22-13(3)8-16(14(22)4)17-10-24-19(21-17)9-18(20)23;/h5-8,10H,9H2,1-4H3,(H2,20,23);1H. The van der Waals surface area contributed by atoms with Gasteiger partial charge < -0.3 is 10.3 Å². The van der Waals surface area contributed by atoms with Crippen LogP contribution in [-0.2, 0) is 11.2 Å². The number of halogens is 1. The maximum absolute atomic E-state index is 11.1. The molecular formula is C19H22ClN3OS. The molecule has 0 radical (unpaired) electrons. The molecule has 0 saturated carbocycles. The number of carbonyl (C=O) groups is 1. The summed E-state index contributed by atoms with van der Waals surface area (Å²) >= 11 is 1.48. The Balaban J connectivity index is 0.00000225. The summed E-state index contributed by atoms with van der Waals surface area (Å²) in [5, 5.41) is 2.75. The van der Waals surface area contributed by atoms with E-state index in [1.54, 1.807) is 0 Å². The van der Waals surface area contributed by atoms with Crippen molar-refractivity contribution in [1.82, 2.24) is 9.55 Å². The molecule has 4 nitrogen and oxygen atoms in total. The Morgan fingerprint density at radius 1 is 1.12 bits per heavy atom. The van der Waals surface area contributed by atoms with Gasteiger partial charge in [0.25, 0.3) is 0 Å². The Morgan fingerprint density at radius 2 is 1.76 bits per heavy atom. The highest BCUT2D eigenvalue weighted by Gasteiger charge is 2.15. The quantitative estimate of drug-likeness (QED) is 0.739. The topological polar surface area (TPSA) is 60.9 Å². The minimum absolute atomic E-state index is 0. The van der Waals surface area contributed by atoms with Crippen molar-refractivity contribution >= 4 is 29.7 Å². The monoisotopic (exact) mass is 375 g/mol. The number of aryl methyl sites for hydroxylation is 3. The Morgan fingerprint density at radius 3 is 2.36 bits per heavy atom. The van der Waals surface area contributed by atoms with Crippen molar-refractivity contribution in [2.24, 2.45) is 5.73 Å². The summed E-state index contributed by atoms with van der Waals surface area (Å²) in [6.07, 6.45) is 0.195. The van der Waals surface area contributed by atoms with E-state index in [0.717, 1.165) is 27.7 Å². The number of rotatable bonds is 4. The molecule has 3 aromatic rings. The molecule has 0 saturated heterocycles. The summed E-state index contributed by atoms with van der Waals surface area (Å²) < 4.78 is 2.25. The van der Waals surface area contributed by atoms with E-state index in [1.165, 1.54) is 28.2 Å². The fraction of sp³-hybridized carbons (Fsp3) is 0.263. The van der Waals surface area contributed by atoms with Crippen LogP contribution in [0, 0.1) is 27.7 Å². The Hall–Kier alpha value is -2.11. The molecule has 0 aliphatic rings. The molecule has 0 fully saturated rings. The van der Waals surface area contributed by atoms with Gasteiger partial charge in [-0.2, -0.15) is 0 Å². The van der Waals surface area contributed by atoms with Crippen LogP contribution >= 0.6 is 23.7 Å². The summed E-state index contributed by atoms with van der Waals surface area (Å²) in [6, 6.07) is 8.71. The maximum atomic E-state index is 11.1. The van der Waals surface area contributed by atoms with E-state index < -0.39 is 0 Å². The lowest BCUT2D eigenvalue weighted by molar-refractivity contribution is -0.117. The van der Waals surface area contributed by atoms with Gasteiger partial charge in [0.1, 0.15) is 5.01 Å². The number of amides is 1. The molecule has 2 aromatic heterocycles. The van der Waals surface area contributed by atoms with Gasteiger partial charge in [0.2, 0.25) is 5.91 Å². The predicted octanol–water partition coefficient (Wildman–Crippen LogP) is 4.28. The van der Waals surface area contributed by atoms with Crippen LogP contribution in [0.15, 0.2) is 29.6 Å². The van der Waals surface area contributed by atoms with Gasteiger partial charge in [-0.1, -0.05) is 6.07 Å². The lowest BCUT2D eigenvalue weighted by Crippen LogP contribution is -2.13. The first kappa shape index (κ1) is 19.2. The number of benzene rings is 1. The third-order valence-corrected chi connectivity index (χ3v) is 4.90. The zero-order chi connectivity index (χ0) is 17.4. The highest BCUT2D eigenvalue weighted by molar-refractivity contribution is 7.10. The van der Waals surface area contributed by atoms with Crippen LogP contribution in [0.4, 0.5) is 0 Å². The van der Waals surface area contributed by atoms with Crippen molar-refractivity contribution in [1.29, 1.82) is 0 Å². The van der Waals surface area contributed by atoms with Gasteiger partial charge in [0.15, 0.2) is 0 Å². The van der Waals surface area contributed by atoms with Crippen LogP contribution in [0.1, 0.15) is 27.5 Å². The van der Waals surface area contributed by atoms with Crippen molar-refractivity contribution in [3.63, 3.8) is 0 Å². The lowest BCUT2D eigenvalue weighted by atomic mass is 10.1. The van der Waals surface area contributed by atoms with Crippen molar-refractivity contribution in [2.75, 3.05) is 0 Å². The average molecular weight is 376 g/mol. The Kier molecular flexibility index (Phi) is 5.70. The number of hydrogen-bond acceptors (Lipinski definition) is 3. The minimum atomic E-state index is -0.350. The van der Waals surface area contributed by atoms with E-state index in [2.05, 4.69) is 61.5 Å². The van der Waals surface area contributed by atoms with E-state index in [-0.39, 0.29) is 24.7 Å². The van der Waals surface area contributed by atoms with Gasteiger partial charge >= 0.3 is 0 Å². The number of nitrogens with zero attached hydrogens (tertiary/aromatic N) is 2. The molecule has 0 aliphatic heterocycles. The van der Waals surface area contributed by atoms with Gasteiger partial charge in [-0.3, -0.25) is 4.79 Å².